The Balaban J connectivity index is 2.76. The Labute approximate surface area is 120 Å². The molecule has 0 unspecified atom stereocenters. The number of para-hydroxylation sites is 1. The van der Waals surface area contributed by atoms with Gasteiger partial charge in [-0.2, -0.15) is 0 Å². The fourth-order valence-electron chi connectivity index (χ4n) is 2.53. The monoisotopic (exact) mass is 279 g/mol. The Morgan fingerprint density at radius 1 is 1.25 bits per heavy atom. The van der Waals surface area contributed by atoms with Gasteiger partial charge in [0.1, 0.15) is 5.75 Å². The third-order valence-corrected chi connectivity index (χ3v) is 3.44. The predicted octanol–water partition coefficient (Wildman–Crippen LogP) is 3.36. The number of phenols is 1. The van der Waals surface area contributed by atoms with Crippen LogP contribution in [0.1, 0.15) is 51.5 Å². The summed E-state index contributed by atoms with van der Waals surface area (Å²) in [6.07, 6.45) is 2.93. The van der Waals surface area contributed by atoms with Crippen molar-refractivity contribution < 1.29 is 15.0 Å². The summed E-state index contributed by atoms with van der Waals surface area (Å²) in [7, 11) is 0. The molecular weight excluding hydrogens is 254 g/mol. The van der Waals surface area contributed by atoms with Crippen LogP contribution in [0.25, 0.3) is 0 Å². The number of rotatable bonds is 7. The highest BCUT2D eigenvalue weighted by Crippen LogP contribution is 2.28. The number of hydrogen-bond donors (Lipinski definition) is 3. The van der Waals surface area contributed by atoms with Gasteiger partial charge in [-0.3, -0.25) is 4.79 Å². The Morgan fingerprint density at radius 3 is 2.35 bits per heavy atom. The first-order chi connectivity index (χ1) is 9.41. The summed E-state index contributed by atoms with van der Waals surface area (Å²) in [6.45, 7) is 5.80. The zero-order valence-electron chi connectivity index (χ0n) is 12.6. The van der Waals surface area contributed by atoms with Gasteiger partial charge >= 0.3 is 0 Å². The number of phenolic OH excluding ortho intramolecular Hbond substituents is 1. The van der Waals surface area contributed by atoms with Gasteiger partial charge in [-0.1, -0.05) is 38.8 Å². The van der Waals surface area contributed by atoms with E-state index < -0.39 is 5.60 Å². The van der Waals surface area contributed by atoms with Crippen molar-refractivity contribution in [1.29, 1.82) is 0 Å². The number of amides is 1. The minimum absolute atomic E-state index is 0.0490. The second-order valence-corrected chi connectivity index (χ2v) is 5.42. The van der Waals surface area contributed by atoms with Gasteiger partial charge < -0.3 is 15.5 Å². The van der Waals surface area contributed by atoms with E-state index in [1.807, 2.05) is 26.8 Å². The molecular formula is C16H25NO3. The Bertz CT molecular complexity index is 431. The predicted molar refractivity (Wildman–Crippen MR) is 80.9 cm³/mol. The molecule has 0 saturated carbocycles. The lowest BCUT2D eigenvalue weighted by Crippen LogP contribution is -2.34. The van der Waals surface area contributed by atoms with E-state index >= 15 is 0 Å². The molecule has 1 rings (SSSR count). The maximum Gasteiger partial charge on any atom is 0.227 e. The number of benzene rings is 1. The topological polar surface area (TPSA) is 69.6 Å². The second kappa shape index (κ2) is 7.29. The van der Waals surface area contributed by atoms with Gasteiger partial charge in [0.15, 0.2) is 0 Å². The molecule has 0 radical (unpaired) electrons. The van der Waals surface area contributed by atoms with Crippen molar-refractivity contribution in [3.8, 4) is 5.75 Å². The van der Waals surface area contributed by atoms with E-state index in [4.69, 9.17) is 0 Å². The van der Waals surface area contributed by atoms with E-state index in [1.165, 1.54) is 6.07 Å². The standard InChI is InChI=1S/C16H25NO3/c1-4-9-16(20,10-5-2)11-14(19)17-15-12(3)7-6-8-13(15)18/h6-8,18,20H,4-5,9-11H2,1-3H3,(H,17,19). The zero-order chi connectivity index (χ0) is 15.2. The van der Waals surface area contributed by atoms with Gasteiger partial charge in [-0.15, -0.1) is 0 Å². The van der Waals surface area contributed by atoms with Gasteiger partial charge in [0.25, 0.3) is 0 Å². The number of carbonyl (C=O) groups is 1. The van der Waals surface area contributed by atoms with E-state index in [0.29, 0.717) is 18.5 Å². The molecule has 1 aromatic rings. The first kappa shape index (κ1) is 16.5. The lowest BCUT2D eigenvalue weighted by Gasteiger charge is -2.27. The van der Waals surface area contributed by atoms with Crippen molar-refractivity contribution in [2.24, 2.45) is 0 Å². The van der Waals surface area contributed by atoms with Crippen LogP contribution in [0.5, 0.6) is 5.75 Å². The van der Waals surface area contributed by atoms with Crippen molar-refractivity contribution in [2.75, 3.05) is 5.32 Å². The van der Waals surface area contributed by atoms with Crippen LogP contribution in [0.4, 0.5) is 5.69 Å². The molecule has 4 nitrogen and oxygen atoms in total. The molecule has 0 aliphatic carbocycles. The van der Waals surface area contributed by atoms with Crippen molar-refractivity contribution in [3.63, 3.8) is 0 Å². The first-order valence-corrected chi connectivity index (χ1v) is 7.22. The Hall–Kier alpha value is -1.55. The SMILES string of the molecule is CCCC(O)(CCC)CC(=O)Nc1c(C)cccc1O. The van der Waals surface area contributed by atoms with Crippen LogP contribution in [-0.4, -0.2) is 21.7 Å². The van der Waals surface area contributed by atoms with Crippen LogP contribution in [0.15, 0.2) is 18.2 Å². The van der Waals surface area contributed by atoms with E-state index in [9.17, 15) is 15.0 Å². The van der Waals surface area contributed by atoms with Crippen LogP contribution in [0.2, 0.25) is 0 Å². The highest BCUT2D eigenvalue weighted by atomic mass is 16.3. The fourth-order valence-corrected chi connectivity index (χ4v) is 2.53. The molecule has 1 amide bonds. The van der Waals surface area contributed by atoms with Crippen molar-refractivity contribution in [1.82, 2.24) is 0 Å². The molecule has 0 saturated heterocycles. The van der Waals surface area contributed by atoms with Crippen LogP contribution >= 0.6 is 0 Å². The van der Waals surface area contributed by atoms with E-state index in [-0.39, 0.29) is 18.1 Å². The average molecular weight is 279 g/mol. The second-order valence-electron chi connectivity index (χ2n) is 5.42. The Kier molecular flexibility index (Phi) is 6.02. The van der Waals surface area contributed by atoms with Crippen LogP contribution < -0.4 is 5.32 Å². The zero-order valence-corrected chi connectivity index (χ0v) is 12.6. The van der Waals surface area contributed by atoms with Crippen LogP contribution in [-0.2, 0) is 4.79 Å². The molecule has 3 N–H and O–H groups in total. The van der Waals surface area contributed by atoms with Gasteiger partial charge in [-0.25, -0.2) is 0 Å². The largest absolute Gasteiger partial charge is 0.506 e. The summed E-state index contributed by atoms with van der Waals surface area (Å²) < 4.78 is 0. The summed E-state index contributed by atoms with van der Waals surface area (Å²) in [5.74, 6) is -0.216. The molecule has 0 bridgehead atoms. The molecule has 0 aliphatic heterocycles. The molecule has 1 aromatic carbocycles. The number of anilines is 1. The summed E-state index contributed by atoms with van der Waals surface area (Å²) in [6, 6.07) is 5.08. The highest BCUT2D eigenvalue weighted by molar-refractivity contribution is 5.93. The maximum absolute atomic E-state index is 12.1. The number of carbonyl (C=O) groups excluding carboxylic acids is 1. The Morgan fingerprint density at radius 2 is 1.85 bits per heavy atom. The molecule has 0 fully saturated rings. The van der Waals surface area contributed by atoms with Crippen molar-refractivity contribution in [3.05, 3.63) is 23.8 Å². The van der Waals surface area contributed by atoms with Crippen molar-refractivity contribution in [2.45, 2.75) is 58.5 Å². The van der Waals surface area contributed by atoms with Gasteiger partial charge in [-0.05, 0) is 31.4 Å². The summed E-state index contributed by atoms with van der Waals surface area (Å²) in [4.78, 5) is 12.1. The molecule has 0 aliphatic rings. The lowest BCUT2D eigenvalue weighted by molar-refractivity contribution is -0.121. The third-order valence-electron chi connectivity index (χ3n) is 3.44. The van der Waals surface area contributed by atoms with Gasteiger partial charge in [0.05, 0.1) is 17.7 Å². The smallest absolute Gasteiger partial charge is 0.227 e. The first-order valence-electron chi connectivity index (χ1n) is 7.22. The highest BCUT2D eigenvalue weighted by Gasteiger charge is 2.28. The molecule has 0 heterocycles. The minimum atomic E-state index is -0.952. The fraction of sp³-hybridized carbons (Fsp3) is 0.562. The number of aromatic hydroxyl groups is 1. The molecule has 0 spiro atoms. The maximum atomic E-state index is 12.1. The molecule has 20 heavy (non-hydrogen) atoms. The lowest BCUT2D eigenvalue weighted by atomic mass is 9.89. The molecule has 112 valence electrons. The van der Waals surface area contributed by atoms with Crippen molar-refractivity contribution >= 4 is 11.6 Å². The summed E-state index contributed by atoms with van der Waals surface area (Å²) in [5.41, 5.74) is 0.270. The van der Waals surface area contributed by atoms with E-state index in [2.05, 4.69) is 5.32 Å². The van der Waals surface area contributed by atoms with Crippen LogP contribution in [0, 0.1) is 6.92 Å². The van der Waals surface area contributed by atoms with Gasteiger partial charge in [0.2, 0.25) is 5.91 Å². The average Bonchev–Trinajstić information content (AvgIpc) is 2.34. The normalized spacial score (nSPS) is 11.4. The molecule has 4 heteroatoms. The van der Waals surface area contributed by atoms with E-state index in [1.54, 1.807) is 6.07 Å². The molecule has 0 atom stereocenters. The van der Waals surface area contributed by atoms with Gasteiger partial charge in [0, 0.05) is 0 Å². The van der Waals surface area contributed by atoms with E-state index in [0.717, 1.165) is 18.4 Å². The number of hydrogen-bond acceptors (Lipinski definition) is 3. The number of aryl methyl sites for hydroxylation is 1. The molecule has 0 aromatic heterocycles. The third kappa shape index (κ3) is 4.53. The quantitative estimate of drug-likeness (QED) is 0.670. The number of aliphatic hydroxyl groups is 1. The minimum Gasteiger partial charge on any atom is -0.506 e. The van der Waals surface area contributed by atoms with Crippen LogP contribution in [0.3, 0.4) is 0 Å². The summed E-state index contributed by atoms with van der Waals surface area (Å²) >= 11 is 0. The number of nitrogens with one attached hydrogen (secondary N) is 1. The summed E-state index contributed by atoms with van der Waals surface area (Å²) in [5, 5.41) is 22.9.